The van der Waals surface area contributed by atoms with Crippen LogP contribution in [0.3, 0.4) is 0 Å². The summed E-state index contributed by atoms with van der Waals surface area (Å²) in [6.07, 6.45) is 5.47. The molecule has 0 unspecified atom stereocenters. The van der Waals surface area contributed by atoms with Crippen molar-refractivity contribution in [1.82, 2.24) is 20.1 Å². The van der Waals surface area contributed by atoms with E-state index in [0.717, 1.165) is 53.9 Å². The fraction of sp³-hybridized carbons (Fsp3) is 0.375. The highest BCUT2D eigenvalue weighted by molar-refractivity contribution is 7.98. The van der Waals surface area contributed by atoms with Gasteiger partial charge in [0, 0.05) is 17.4 Å². The van der Waals surface area contributed by atoms with E-state index in [4.69, 9.17) is 4.74 Å². The van der Waals surface area contributed by atoms with Gasteiger partial charge in [0.15, 0.2) is 11.0 Å². The average Bonchev–Trinajstić information content (AvgIpc) is 3.25. The quantitative estimate of drug-likeness (QED) is 0.516. The van der Waals surface area contributed by atoms with Crippen LogP contribution >= 0.6 is 11.8 Å². The number of rotatable bonds is 8. The van der Waals surface area contributed by atoms with Crippen LogP contribution in [-0.4, -0.2) is 27.8 Å². The molecule has 0 bridgehead atoms. The summed E-state index contributed by atoms with van der Waals surface area (Å²) in [5, 5.41) is 12.7. The van der Waals surface area contributed by atoms with Gasteiger partial charge in [0.25, 0.3) is 0 Å². The molecule has 1 saturated carbocycles. The van der Waals surface area contributed by atoms with Gasteiger partial charge in [-0.2, -0.15) is 0 Å². The van der Waals surface area contributed by atoms with Crippen LogP contribution in [0, 0.1) is 5.92 Å². The predicted octanol–water partition coefficient (Wildman–Crippen LogP) is 4.76. The van der Waals surface area contributed by atoms with Gasteiger partial charge >= 0.3 is 0 Å². The summed E-state index contributed by atoms with van der Waals surface area (Å²) in [5.41, 5.74) is 2.17. The van der Waals surface area contributed by atoms with E-state index in [2.05, 4.69) is 27.6 Å². The Morgan fingerprint density at radius 3 is 2.52 bits per heavy atom. The minimum Gasteiger partial charge on any atom is -0.497 e. The third-order valence-corrected chi connectivity index (χ3v) is 6.64. The average molecular weight is 437 g/mol. The minimum atomic E-state index is 0.123. The Hall–Kier alpha value is -2.80. The largest absolute Gasteiger partial charge is 0.497 e. The molecule has 7 heteroatoms. The first-order valence-corrected chi connectivity index (χ1v) is 11.8. The monoisotopic (exact) mass is 436 g/mol. The fourth-order valence-corrected chi connectivity index (χ4v) is 4.82. The van der Waals surface area contributed by atoms with Crippen LogP contribution in [0.4, 0.5) is 0 Å². The zero-order chi connectivity index (χ0) is 21.5. The van der Waals surface area contributed by atoms with Gasteiger partial charge in [-0.25, -0.2) is 0 Å². The first-order chi connectivity index (χ1) is 15.2. The summed E-state index contributed by atoms with van der Waals surface area (Å²) in [6, 6.07) is 18.1. The number of benzene rings is 2. The third kappa shape index (κ3) is 5.47. The van der Waals surface area contributed by atoms with Gasteiger partial charge in [-0.05, 0) is 42.7 Å². The predicted molar refractivity (Wildman–Crippen MR) is 122 cm³/mol. The van der Waals surface area contributed by atoms with Gasteiger partial charge < -0.3 is 10.1 Å². The Morgan fingerprint density at radius 2 is 1.81 bits per heavy atom. The van der Waals surface area contributed by atoms with Gasteiger partial charge in [-0.3, -0.25) is 9.36 Å². The van der Waals surface area contributed by atoms with E-state index in [1.807, 2.05) is 47.0 Å². The normalized spacial score (nSPS) is 14.4. The van der Waals surface area contributed by atoms with E-state index in [0.29, 0.717) is 6.54 Å². The van der Waals surface area contributed by atoms with E-state index in [9.17, 15) is 4.79 Å². The molecule has 1 fully saturated rings. The molecule has 31 heavy (non-hydrogen) atoms. The van der Waals surface area contributed by atoms with Crippen molar-refractivity contribution in [3.05, 3.63) is 66.0 Å². The lowest BCUT2D eigenvalue weighted by Gasteiger charge is -2.20. The van der Waals surface area contributed by atoms with E-state index in [1.165, 1.54) is 12.0 Å². The van der Waals surface area contributed by atoms with Crippen molar-refractivity contribution in [2.24, 2.45) is 5.92 Å². The second-order valence-corrected chi connectivity index (χ2v) is 8.70. The molecule has 0 radical (unpaired) electrons. The van der Waals surface area contributed by atoms with Crippen LogP contribution in [0.5, 0.6) is 5.75 Å². The molecule has 1 aliphatic carbocycles. The molecule has 1 aromatic heterocycles. The molecular formula is C24H28N4O2S. The Kier molecular flexibility index (Phi) is 7.25. The Balaban J connectivity index is 1.53. The molecule has 6 nitrogen and oxygen atoms in total. The van der Waals surface area contributed by atoms with E-state index in [1.54, 1.807) is 18.9 Å². The number of amides is 1. The third-order valence-electron chi connectivity index (χ3n) is 5.64. The molecule has 162 valence electrons. The summed E-state index contributed by atoms with van der Waals surface area (Å²) >= 11 is 1.63. The molecule has 1 N–H and O–H groups in total. The number of hydrogen-bond acceptors (Lipinski definition) is 5. The van der Waals surface area contributed by atoms with Crippen molar-refractivity contribution >= 4 is 17.7 Å². The van der Waals surface area contributed by atoms with Gasteiger partial charge in [-0.15, -0.1) is 10.2 Å². The lowest BCUT2D eigenvalue weighted by Crippen LogP contribution is -2.32. The van der Waals surface area contributed by atoms with Crippen molar-refractivity contribution in [2.45, 2.75) is 49.6 Å². The number of nitrogens with one attached hydrogen (secondary N) is 1. The van der Waals surface area contributed by atoms with Gasteiger partial charge in [-0.1, -0.05) is 61.4 Å². The molecule has 0 spiro atoms. The first-order valence-electron chi connectivity index (χ1n) is 10.8. The fourth-order valence-electron chi connectivity index (χ4n) is 3.90. The number of aromatic nitrogens is 3. The van der Waals surface area contributed by atoms with Crippen molar-refractivity contribution in [2.75, 3.05) is 7.11 Å². The van der Waals surface area contributed by atoms with E-state index < -0.39 is 0 Å². The van der Waals surface area contributed by atoms with Crippen molar-refractivity contribution in [3.63, 3.8) is 0 Å². The number of carbonyl (C=O) groups is 1. The van der Waals surface area contributed by atoms with Gasteiger partial charge in [0.1, 0.15) is 5.75 Å². The summed E-state index contributed by atoms with van der Waals surface area (Å²) < 4.78 is 7.32. The zero-order valence-corrected chi connectivity index (χ0v) is 18.6. The van der Waals surface area contributed by atoms with Crippen molar-refractivity contribution in [3.8, 4) is 11.4 Å². The smallest absolute Gasteiger partial charge is 0.223 e. The number of nitrogens with zero attached hydrogens (tertiary/aromatic N) is 3. The van der Waals surface area contributed by atoms with E-state index >= 15 is 0 Å². The SMILES string of the molecule is COc1ccc(-n2c(CNC(=O)C3CCCCC3)nnc2SCc2ccccc2)cc1. The number of ether oxygens (including phenoxy) is 1. The summed E-state index contributed by atoms with van der Waals surface area (Å²) in [4.78, 5) is 12.6. The van der Waals surface area contributed by atoms with Crippen LogP contribution in [0.25, 0.3) is 5.69 Å². The maximum Gasteiger partial charge on any atom is 0.223 e. The second-order valence-electron chi connectivity index (χ2n) is 7.76. The molecule has 4 rings (SSSR count). The molecule has 2 aromatic carbocycles. The number of hydrogen-bond donors (Lipinski definition) is 1. The van der Waals surface area contributed by atoms with Crippen LogP contribution in [0.1, 0.15) is 43.5 Å². The lowest BCUT2D eigenvalue weighted by molar-refractivity contribution is -0.126. The molecule has 0 aliphatic heterocycles. The first kappa shape index (κ1) is 21.4. The highest BCUT2D eigenvalue weighted by atomic mass is 32.2. The summed E-state index contributed by atoms with van der Waals surface area (Å²) in [5.74, 6) is 2.57. The van der Waals surface area contributed by atoms with Crippen LogP contribution in [0.15, 0.2) is 59.8 Å². The summed E-state index contributed by atoms with van der Waals surface area (Å²) in [7, 11) is 1.65. The van der Waals surface area contributed by atoms with Crippen LogP contribution < -0.4 is 10.1 Å². The highest BCUT2D eigenvalue weighted by Gasteiger charge is 2.22. The molecule has 0 atom stereocenters. The van der Waals surface area contributed by atoms with Crippen molar-refractivity contribution in [1.29, 1.82) is 0 Å². The topological polar surface area (TPSA) is 69.0 Å². The number of thioether (sulfide) groups is 1. The standard InChI is InChI=1S/C24H28N4O2S/c1-30-21-14-12-20(13-15-21)28-22(16-25-23(29)19-10-6-3-7-11-19)26-27-24(28)31-17-18-8-4-2-5-9-18/h2,4-5,8-9,12-15,19H,3,6-7,10-11,16-17H2,1H3,(H,25,29). The molecule has 1 amide bonds. The zero-order valence-electron chi connectivity index (χ0n) is 17.8. The summed E-state index contributed by atoms with van der Waals surface area (Å²) in [6.45, 7) is 0.361. The molecule has 0 saturated heterocycles. The highest BCUT2D eigenvalue weighted by Crippen LogP contribution is 2.27. The van der Waals surface area contributed by atoms with Gasteiger partial charge in [0.05, 0.1) is 13.7 Å². The molecule has 1 heterocycles. The maximum atomic E-state index is 12.6. The Bertz CT molecular complexity index is 983. The lowest BCUT2D eigenvalue weighted by atomic mass is 9.89. The maximum absolute atomic E-state index is 12.6. The Morgan fingerprint density at radius 1 is 1.06 bits per heavy atom. The van der Waals surface area contributed by atoms with Crippen LogP contribution in [-0.2, 0) is 17.1 Å². The molecular weight excluding hydrogens is 408 g/mol. The van der Waals surface area contributed by atoms with Gasteiger partial charge in [0.2, 0.25) is 5.91 Å². The Labute approximate surface area is 187 Å². The number of carbonyl (C=O) groups excluding carboxylic acids is 1. The van der Waals surface area contributed by atoms with Crippen molar-refractivity contribution < 1.29 is 9.53 Å². The van der Waals surface area contributed by atoms with Crippen LogP contribution in [0.2, 0.25) is 0 Å². The second kappa shape index (κ2) is 10.5. The minimum absolute atomic E-state index is 0.123. The number of methoxy groups -OCH3 is 1. The molecule has 1 aliphatic rings. The molecule has 3 aromatic rings. The van der Waals surface area contributed by atoms with E-state index in [-0.39, 0.29) is 11.8 Å².